The number of aromatic nitrogens is 4. The number of carbonyl (C=O) groups excluding carboxylic acids is 1. The minimum Gasteiger partial charge on any atom is -0.508 e. The molecule has 3 aliphatic rings. The van der Waals surface area contributed by atoms with Crippen molar-refractivity contribution in [3.8, 4) is 35.4 Å². The summed E-state index contributed by atoms with van der Waals surface area (Å²) >= 11 is 0. The number of piperazine rings is 1. The van der Waals surface area contributed by atoms with Gasteiger partial charge in [-0.2, -0.15) is 9.97 Å². The van der Waals surface area contributed by atoms with Crippen LogP contribution in [0.15, 0.2) is 60.7 Å². The van der Waals surface area contributed by atoms with Gasteiger partial charge in [0.15, 0.2) is 11.6 Å². The number of halogens is 4. The van der Waals surface area contributed by atoms with Crippen molar-refractivity contribution in [1.82, 2.24) is 29.7 Å². The number of phenols is 1. The summed E-state index contributed by atoms with van der Waals surface area (Å²) in [6.45, 7) is 3.40. The molecule has 1 N–H and O–H groups in total. The van der Waals surface area contributed by atoms with Gasteiger partial charge in [-0.25, -0.2) is 17.6 Å². The SMILES string of the molecule is C#Cc1c(F)ccc2cc(O)cc(-c3ncc4c(N5CCN(C(=O)C(F)=Cc6ccccn6)C[C@@H]5C)nc(OC[C@@]56CCCN5C[C@H](F)C6)nc4c3F)c12. The molecule has 0 bridgehead atoms. The number of nitrogens with zero attached hydrogens (tertiary/aromatic N) is 7. The molecule has 3 saturated heterocycles. The Balaban J connectivity index is 1.19. The predicted molar refractivity (Wildman–Crippen MR) is 195 cm³/mol. The third-order valence-electron chi connectivity index (χ3n) is 10.7. The van der Waals surface area contributed by atoms with Gasteiger partial charge in [0.25, 0.3) is 5.91 Å². The normalized spacial score (nSPS) is 21.8. The van der Waals surface area contributed by atoms with Crippen LogP contribution in [0.5, 0.6) is 11.8 Å². The van der Waals surface area contributed by atoms with Crippen molar-refractivity contribution >= 4 is 39.5 Å². The van der Waals surface area contributed by atoms with E-state index in [1.807, 2.05) is 11.8 Å². The number of anilines is 1. The van der Waals surface area contributed by atoms with E-state index >= 15 is 8.78 Å². The molecular formula is C40H35F4N7O3. The molecule has 2 aromatic carbocycles. The van der Waals surface area contributed by atoms with Gasteiger partial charge in [0.2, 0.25) is 0 Å². The number of hydrogen-bond acceptors (Lipinski definition) is 9. The summed E-state index contributed by atoms with van der Waals surface area (Å²) in [4.78, 5) is 36.2. The Bertz CT molecular complexity index is 2370. The Morgan fingerprint density at radius 1 is 1.13 bits per heavy atom. The fraction of sp³-hybridized carbons (Fsp3) is 0.325. The fourth-order valence-electron chi connectivity index (χ4n) is 8.15. The molecule has 276 valence electrons. The number of fused-ring (bicyclic) bond motifs is 3. The summed E-state index contributed by atoms with van der Waals surface area (Å²) < 4.78 is 67.8. The van der Waals surface area contributed by atoms with Gasteiger partial charge < -0.3 is 19.6 Å². The van der Waals surface area contributed by atoms with E-state index in [-0.39, 0.29) is 76.9 Å². The molecule has 0 aliphatic carbocycles. The van der Waals surface area contributed by atoms with E-state index in [1.165, 1.54) is 41.6 Å². The number of ether oxygens (including phenoxy) is 1. The Hall–Kier alpha value is -5.81. The minimum atomic E-state index is -0.994. The summed E-state index contributed by atoms with van der Waals surface area (Å²) in [5.41, 5.74) is -0.698. The van der Waals surface area contributed by atoms with E-state index in [0.29, 0.717) is 24.0 Å². The molecule has 8 rings (SSSR count). The van der Waals surface area contributed by atoms with Gasteiger partial charge in [0, 0.05) is 68.1 Å². The van der Waals surface area contributed by atoms with Gasteiger partial charge in [0.1, 0.15) is 41.4 Å². The van der Waals surface area contributed by atoms with Crippen LogP contribution in [0.4, 0.5) is 23.4 Å². The van der Waals surface area contributed by atoms with Gasteiger partial charge >= 0.3 is 6.01 Å². The molecule has 5 aromatic rings. The quantitative estimate of drug-likeness (QED) is 0.119. The van der Waals surface area contributed by atoms with Gasteiger partial charge in [-0.3, -0.25) is 19.7 Å². The zero-order valence-corrected chi connectivity index (χ0v) is 29.3. The van der Waals surface area contributed by atoms with E-state index < -0.39 is 41.1 Å². The third kappa shape index (κ3) is 6.22. The fourth-order valence-corrected chi connectivity index (χ4v) is 8.15. The standard InChI is InChI=1S/C40H35F4N7O3/c1-3-28-31(42)9-8-24-15-27(52)17-29(33(24)28)35-34(44)36-30(19-46-35)37(48-39(47-36)54-22-40-10-6-12-50(40)21-25(41)18-40)51-14-13-49(20-23(51)2)38(53)32(43)16-26-7-4-5-11-45-26/h1,4-5,7-9,11,15-17,19,23,25,52H,6,10,12-14,18,20-22H2,2H3/t23-,25+,40-/m0/s1. The number of phenolic OH excluding ortho intramolecular Hbond substituents is 1. The average molecular weight is 738 g/mol. The Kier molecular flexibility index (Phi) is 9.05. The van der Waals surface area contributed by atoms with Crippen LogP contribution in [0.25, 0.3) is 39.0 Å². The van der Waals surface area contributed by atoms with Gasteiger partial charge in [-0.15, -0.1) is 6.42 Å². The number of hydrogen-bond donors (Lipinski definition) is 1. The monoisotopic (exact) mass is 737 g/mol. The zero-order chi connectivity index (χ0) is 37.7. The average Bonchev–Trinajstić information content (AvgIpc) is 3.69. The maximum Gasteiger partial charge on any atom is 0.319 e. The second kappa shape index (κ2) is 13.9. The van der Waals surface area contributed by atoms with Gasteiger partial charge in [0.05, 0.1) is 22.2 Å². The summed E-state index contributed by atoms with van der Waals surface area (Å²) in [7, 11) is 0. The molecule has 14 heteroatoms. The number of benzene rings is 2. The summed E-state index contributed by atoms with van der Waals surface area (Å²) in [5.74, 6) is -0.935. The van der Waals surface area contributed by atoms with E-state index in [0.717, 1.165) is 25.5 Å². The number of pyridine rings is 2. The molecule has 6 heterocycles. The van der Waals surface area contributed by atoms with E-state index in [2.05, 4.69) is 25.8 Å². The maximum atomic E-state index is 17.0. The number of carbonyl (C=O) groups is 1. The van der Waals surface area contributed by atoms with Gasteiger partial charge in [-0.05, 0) is 62.0 Å². The molecule has 0 saturated carbocycles. The maximum absolute atomic E-state index is 17.0. The molecule has 0 radical (unpaired) electrons. The van der Waals surface area contributed by atoms with Crippen molar-refractivity contribution in [2.45, 2.75) is 43.9 Å². The minimum absolute atomic E-state index is 0.0567. The highest BCUT2D eigenvalue weighted by Gasteiger charge is 2.49. The van der Waals surface area contributed by atoms with Gasteiger partial charge in [-0.1, -0.05) is 18.1 Å². The van der Waals surface area contributed by atoms with Crippen LogP contribution in [-0.2, 0) is 4.79 Å². The second-order valence-electron chi connectivity index (χ2n) is 14.1. The van der Waals surface area contributed by atoms with Crippen LogP contribution in [0, 0.1) is 24.0 Å². The number of alkyl halides is 1. The van der Waals surface area contributed by atoms with Crippen molar-refractivity contribution in [2.24, 2.45) is 0 Å². The molecule has 54 heavy (non-hydrogen) atoms. The van der Waals surface area contributed by atoms with Crippen LogP contribution in [0.2, 0.25) is 0 Å². The molecule has 1 amide bonds. The van der Waals surface area contributed by atoms with E-state index in [9.17, 15) is 18.7 Å². The number of rotatable bonds is 7. The summed E-state index contributed by atoms with van der Waals surface area (Å²) in [5, 5.41) is 11.4. The molecule has 0 unspecified atom stereocenters. The molecule has 0 spiro atoms. The van der Waals surface area contributed by atoms with Crippen LogP contribution in [-0.4, -0.2) is 97.8 Å². The predicted octanol–water partition coefficient (Wildman–Crippen LogP) is 6.21. The number of terminal acetylenes is 1. The Morgan fingerprint density at radius 3 is 2.76 bits per heavy atom. The highest BCUT2D eigenvalue weighted by atomic mass is 19.1. The summed E-state index contributed by atoms with van der Waals surface area (Å²) in [6, 6.07) is 9.66. The molecular weight excluding hydrogens is 702 g/mol. The van der Waals surface area contributed by atoms with Crippen molar-refractivity contribution in [3.05, 3.63) is 83.6 Å². The molecule has 3 aromatic heterocycles. The zero-order valence-electron chi connectivity index (χ0n) is 29.3. The lowest BCUT2D eigenvalue weighted by Gasteiger charge is -2.40. The first-order chi connectivity index (χ1) is 26.0. The van der Waals surface area contributed by atoms with Crippen molar-refractivity contribution in [3.63, 3.8) is 0 Å². The lowest BCUT2D eigenvalue weighted by Crippen LogP contribution is -2.54. The molecule has 10 nitrogen and oxygen atoms in total. The molecule has 3 fully saturated rings. The molecule has 3 atom stereocenters. The molecule has 3 aliphatic heterocycles. The first-order valence-electron chi connectivity index (χ1n) is 17.7. The van der Waals surface area contributed by atoms with Crippen molar-refractivity contribution in [2.75, 3.05) is 44.2 Å². The van der Waals surface area contributed by atoms with E-state index in [4.69, 9.17) is 16.1 Å². The second-order valence-corrected chi connectivity index (χ2v) is 14.1. The highest BCUT2D eigenvalue weighted by molar-refractivity contribution is 6.03. The van der Waals surface area contributed by atoms with Crippen LogP contribution in [0.3, 0.4) is 0 Å². The first kappa shape index (κ1) is 35.2. The highest BCUT2D eigenvalue weighted by Crippen LogP contribution is 2.42. The largest absolute Gasteiger partial charge is 0.508 e. The van der Waals surface area contributed by atoms with Crippen LogP contribution < -0.4 is 9.64 Å². The van der Waals surface area contributed by atoms with Crippen molar-refractivity contribution in [1.29, 1.82) is 0 Å². The van der Waals surface area contributed by atoms with Crippen LogP contribution >= 0.6 is 0 Å². The first-order valence-corrected chi connectivity index (χ1v) is 17.7. The Labute approximate surface area is 308 Å². The van der Waals surface area contributed by atoms with E-state index in [1.54, 1.807) is 18.2 Å². The topological polar surface area (TPSA) is 108 Å². The number of aromatic hydroxyl groups is 1. The lowest BCUT2D eigenvalue weighted by atomic mass is 9.95. The van der Waals surface area contributed by atoms with Crippen molar-refractivity contribution < 1.29 is 32.2 Å². The summed E-state index contributed by atoms with van der Waals surface area (Å²) in [6.07, 6.45) is 10.6. The van der Waals surface area contributed by atoms with Crippen LogP contribution in [0.1, 0.15) is 37.4 Å². The smallest absolute Gasteiger partial charge is 0.319 e. The third-order valence-corrected chi connectivity index (χ3v) is 10.7. The lowest BCUT2D eigenvalue weighted by molar-refractivity contribution is -0.129. The Morgan fingerprint density at radius 2 is 1.98 bits per heavy atom. The number of amides is 1.